The Kier molecular flexibility index (Phi) is 36.0. The summed E-state index contributed by atoms with van der Waals surface area (Å²) in [5.41, 5.74) is 13.9. The van der Waals surface area contributed by atoms with Crippen LogP contribution in [0.5, 0.6) is 11.5 Å². The molecule has 2 aliphatic heterocycles. The number of hydrogen-bond donors (Lipinski definition) is 7. The van der Waals surface area contributed by atoms with Crippen LogP contribution < -0.4 is 30.7 Å². The van der Waals surface area contributed by atoms with E-state index in [1.165, 1.54) is 33.1 Å². The molecular formula is C106H119Cl5N20O14. The van der Waals surface area contributed by atoms with Gasteiger partial charge in [0.15, 0.2) is 70.3 Å². The largest absolute Gasteiger partial charge is 0.481 e. The van der Waals surface area contributed by atoms with Gasteiger partial charge in [-0.15, -0.1) is 15.3 Å². The third-order valence-corrected chi connectivity index (χ3v) is 25.4. The minimum absolute atomic E-state index is 0.0180. The van der Waals surface area contributed by atoms with Crippen molar-refractivity contribution in [2.45, 2.75) is 208 Å². The Bertz CT molecular complexity index is 6970. The highest BCUT2D eigenvalue weighted by Gasteiger charge is 2.56. The molecule has 0 saturated carbocycles. The van der Waals surface area contributed by atoms with Crippen LogP contribution in [-0.4, -0.2) is 195 Å². The van der Waals surface area contributed by atoms with Gasteiger partial charge >= 0.3 is 12.1 Å². The molecule has 762 valence electrons. The van der Waals surface area contributed by atoms with Crippen LogP contribution in [0.1, 0.15) is 161 Å². The number of urea groups is 2. The summed E-state index contributed by atoms with van der Waals surface area (Å²) < 4.78 is 27.8. The third-order valence-electron chi connectivity index (χ3n) is 23.4. The van der Waals surface area contributed by atoms with Crippen LogP contribution in [-0.2, 0) is 60.9 Å². The number of carbonyl (C=O) groups is 10. The Hall–Kier alpha value is -14.1. The molecule has 145 heavy (non-hydrogen) atoms. The van der Waals surface area contributed by atoms with Gasteiger partial charge in [-0.1, -0.05) is 275 Å². The number of H-pyrrole nitrogens is 3. The van der Waals surface area contributed by atoms with Crippen molar-refractivity contribution in [3.8, 4) is 34.3 Å². The molecule has 8 aromatic carbocycles. The van der Waals surface area contributed by atoms with Crippen LogP contribution in [0.15, 0.2) is 182 Å². The van der Waals surface area contributed by atoms with E-state index in [1.54, 1.807) is 125 Å². The van der Waals surface area contributed by atoms with Crippen LogP contribution >= 0.6 is 58.0 Å². The predicted octanol–water partition coefficient (Wildman–Crippen LogP) is 20.2. The van der Waals surface area contributed by atoms with Gasteiger partial charge in [-0.05, 0) is 167 Å². The zero-order valence-electron chi connectivity index (χ0n) is 84.5. The molecule has 0 radical (unpaired) electrons. The van der Waals surface area contributed by atoms with Gasteiger partial charge in [0, 0.05) is 53.3 Å². The first-order valence-electron chi connectivity index (χ1n) is 47.0. The lowest BCUT2D eigenvalue weighted by Crippen LogP contribution is -2.55. The minimum Gasteiger partial charge on any atom is -0.481 e. The first kappa shape index (κ1) is 110. The van der Waals surface area contributed by atoms with Gasteiger partial charge in [0.25, 0.3) is 35.4 Å². The number of halogens is 5. The number of ether oxygens (including phenoxy) is 4. The highest BCUT2D eigenvalue weighted by Crippen LogP contribution is 2.37. The van der Waals surface area contributed by atoms with E-state index < -0.39 is 101 Å². The summed E-state index contributed by atoms with van der Waals surface area (Å²) in [5.74, 6) is -2.01. The first-order chi connectivity index (χ1) is 68.7. The number of fused-ring (bicyclic) bond motifs is 3. The zero-order chi connectivity index (χ0) is 106. The maximum absolute atomic E-state index is 14.0. The lowest BCUT2D eigenvalue weighted by molar-refractivity contribution is -0.149. The van der Waals surface area contributed by atoms with Gasteiger partial charge in [-0.2, -0.15) is 13.9 Å². The van der Waals surface area contributed by atoms with Crippen LogP contribution in [0.4, 0.5) is 26.7 Å². The van der Waals surface area contributed by atoms with Crippen LogP contribution in [0.3, 0.4) is 0 Å². The van der Waals surface area contributed by atoms with Crippen LogP contribution in [0, 0.1) is 80.1 Å². The molecule has 2 saturated heterocycles. The molecular weight excluding hydrogens is 1950 g/mol. The van der Waals surface area contributed by atoms with E-state index in [9.17, 15) is 47.9 Å². The van der Waals surface area contributed by atoms with Gasteiger partial charge in [-0.25, -0.2) is 34.3 Å². The van der Waals surface area contributed by atoms with Crippen LogP contribution in [0.2, 0.25) is 25.1 Å². The molecule has 7 unspecified atom stereocenters. The number of rotatable bonds is 29. The van der Waals surface area contributed by atoms with Gasteiger partial charge in [0.1, 0.15) is 26.6 Å². The van der Waals surface area contributed by atoms with Crippen molar-refractivity contribution in [2.24, 2.45) is 10.8 Å². The molecule has 6 aromatic heterocycles. The van der Waals surface area contributed by atoms with E-state index in [-0.39, 0.29) is 59.5 Å². The molecule has 0 aliphatic carbocycles. The summed E-state index contributed by atoms with van der Waals surface area (Å²) in [6, 6.07) is 50.2. The highest BCUT2D eigenvalue weighted by molar-refractivity contribution is 6.36. The number of hydrogen-bond acceptors (Lipinski definition) is 20. The number of aryl methyl sites for hydroxylation is 10. The maximum Gasteiger partial charge on any atom is 0.330 e. The molecule has 34 nitrogen and oxygen atoms in total. The van der Waals surface area contributed by atoms with Crippen molar-refractivity contribution in [1.82, 2.24) is 84.4 Å². The standard InChI is InChI=1S/C37H43ClN4O7.C26H30ClN3O5.C19H24ClN5O2.2C12H11ClN4/c1-8-28(49-29-18-15-22(3)19-23(29)4)32(44)39-25-16-17-26(38)27(20-25)40-33(45)30(31(43)37(5,6)7)42-34(46)35(48-9-2)41(36(42)47)21-24-13-11-10-12-14-24;1-6-35-24-23(33)30(25(34)29(24)15-17-10-8-7-9-11-17)20(21(31)26(3,4)5)22(32)28-19-14-16(2)12-13-18(19)27;1-10-6-7-15(11(2)8-10)27-14(5)19(26)21-9-12(3)17-22-18-16(20)13(4)23-25(18)24-17;2*1-7-3-5-9(6-4-7)11-14-12-10(13)8(2)15-17(12)16-11/h10-20,28,30,35H,8-9,21H2,1-7H3,(H,39,44)(H,40,45);7-14,20,24H,6,15H2,1-5H3,(H,28,32);6-8,12,14,23H,9H2,1-5H3,(H,21,26);2*3-6,15H,1-2H3. The van der Waals surface area contributed by atoms with Crippen molar-refractivity contribution in [2.75, 3.05) is 35.7 Å². The summed E-state index contributed by atoms with van der Waals surface area (Å²) in [5, 5.41) is 35.3. The quantitative estimate of drug-likeness (QED) is 0.0169. The number of Topliss-reactive ketones (excluding diaryl/α,β-unsaturated/α-hetero) is 2. The number of anilines is 3. The van der Waals surface area contributed by atoms with Crippen molar-refractivity contribution < 1.29 is 66.9 Å². The van der Waals surface area contributed by atoms with Crippen molar-refractivity contribution in [1.29, 1.82) is 0 Å². The Morgan fingerprint density at radius 2 is 0.807 bits per heavy atom. The fourth-order valence-electron chi connectivity index (χ4n) is 15.4. The number of imide groups is 2. The molecule has 8 heterocycles. The predicted molar refractivity (Wildman–Crippen MR) is 559 cm³/mol. The maximum atomic E-state index is 14.0. The van der Waals surface area contributed by atoms with E-state index in [0.717, 1.165) is 72.1 Å². The van der Waals surface area contributed by atoms with E-state index in [2.05, 4.69) is 80.7 Å². The van der Waals surface area contributed by atoms with Crippen molar-refractivity contribution in [3.05, 3.63) is 280 Å². The fraction of sp³-hybridized carbons (Fsp3) is 0.340. The second-order valence-corrected chi connectivity index (χ2v) is 39.3. The topological polar surface area (TPSA) is 407 Å². The van der Waals surface area contributed by atoms with E-state index in [0.29, 0.717) is 84.5 Å². The highest BCUT2D eigenvalue weighted by atomic mass is 35.5. The van der Waals surface area contributed by atoms with E-state index >= 15 is 0 Å². The monoisotopic (exact) mass is 2070 g/mol. The van der Waals surface area contributed by atoms with Crippen molar-refractivity contribution >= 4 is 151 Å². The summed E-state index contributed by atoms with van der Waals surface area (Å²) in [6.07, 6.45) is -3.61. The lowest BCUT2D eigenvalue weighted by atomic mass is 9.85. The summed E-state index contributed by atoms with van der Waals surface area (Å²) >= 11 is 31.1. The normalized spacial score (nSPS) is 14.7. The minimum atomic E-state index is -1.84. The van der Waals surface area contributed by atoms with Gasteiger partial charge in [0.2, 0.25) is 12.5 Å². The molecule has 2 fully saturated rings. The number of amides is 10. The molecule has 14 aromatic rings. The van der Waals surface area contributed by atoms with E-state index in [1.807, 2.05) is 191 Å². The van der Waals surface area contributed by atoms with E-state index in [4.69, 9.17) is 77.0 Å². The molecule has 7 atom stereocenters. The van der Waals surface area contributed by atoms with Gasteiger partial charge < -0.3 is 40.2 Å². The summed E-state index contributed by atoms with van der Waals surface area (Å²) in [4.78, 5) is 152. The average Bonchev–Trinajstić information content (AvgIpc) is 1.60. The van der Waals surface area contributed by atoms with Crippen LogP contribution in [0.25, 0.3) is 39.7 Å². The van der Waals surface area contributed by atoms with Gasteiger partial charge in [0.05, 0.1) is 51.6 Å². The zero-order valence-corrected chi connectivity index (χ0v) is 88.3. The smallest absolute Gasteiger partial charge is 0.330 e. The lowest BCUT2D eigenvalue weighted by Gasteiger charge is -2.29. The number of aromatic amines is 3. The number of carbonyl (C=O) groups excluding carboxylic acids is 10. The SMILES string of the molecule is CCOC1C(=O)N(C(C(=O)Nc2cc(C)ccc2Cl)C(=O)C(C)(C)C)C(=O)N1Cc1ccccc1.CCOC1C(=O)N(C(C(=O)Nc2cc(NC(=O)C(CC)Oc3ccc(C)cc3C)ccc2Cl)C(=O)C(C)(C)C)C(=O)N1Cc1ccccc1.Cc1ccc(-c2nc3c(Cl)c(C)[nH]n3n2)cc1.Cc1ccc(-c2nc3c(Cl)c(C)[nH]n3n2)cc1.Cc1ccc(OC(C)C(=O)NCC(C)c2nc3c(Cl)c(C)[nH]n3n2)c(C)c1. The Labute approximate surface area is 865 Å². The molecule has 0 bridgehead atoms. The molecule has 2 aliphatic rings. The number of ketones is 2. The molecule has 0 spiro atoms. The summed E-state index contributed by atoms with van der Waals surface area (Å²) in [7, 11) is 0. The first-order valence-corrected chi connectivity index (χ1v) is 48.9. The van der Waals surface area contributed by atoms with Gasteiger partial charge in [-0.3, -0.25) is 63.5 Å². The number of benzene rings is 8. The fourth-order valence-corrected chi connectivity index (χ4v) is 16.2. The second-order valence-electron chi connectivity index (χ2n) is 37.4. The Morgan fingerprint density at radius 1 is 0.428 bits per heavy atom. The number of nitrogens with one attached hydrogen (secondary N) is 7. The van der Waals surface area contributed by atoms with Crippen molar-refractivity contribution in [3.63, 3.8) is 0 Å². The number of aromatic nitrogens is 12. The molecule has 7 N–H and O–H groups in total. The molecule has 10 amide bonds. The molecule has 16 rings (SSSR count). The molecule has 39 heteroatoms. The summed E-state index contributed by atoms with van der Waals surface area (Å²) in [6.45, 7) is 38.7. The second kappa shape index (κ2) is 47.6. The average molecular weight is 2070 g/mol. The Balaban J connectivity index is 0.000000170. The number of nitrogens with zero attached hydrogens (tertiary/aromatic N) is 13. The Morgan fingerprint density at radius 3 is 1.20 bits per heavy atom. The third kappa shape index (κ3) is 26.5.